The molecule has 1 N–H and O–H groups in total. The maximum absolute atomic E-state index is 13.5. The van der Waals surface area contributed by atoms with Gasteiger partial charge in [-0.15, -0.1) is 0 Å². The lowest BCUT2D eigenvalue weighted by Gasteiger charge is -2.13. The van der Waals surface area contributed by atoms with Crippen LogP contribution in [0.15, 0.2) is 48.5 Å². The topological polar surface area (TPSA) is 55.4 Å². The van der Waals surface area contributed by atoms with Crippen molar-refractivity contribution in [2.45, 2.75) is 12.2 Å². The second kappa shape index (κ2) is 8.80. The zero-order valence-electron chi connectivity index (χ0n) is 13.0. The lowest BCUT2D eigenvalue weighted by atomic mass is 10.3. The van der Waals surface area contributed by atoms with Gasteiger partial charge in [0.2, 0.25) is 5.91 Å². The van der Waals surface area contributed by atoms with Gasteiger partial charge in [0.1, 0.15) is 16.8 Å². The molecule has 0 aliphatic heterocycles. The zero-order valence-corrected chi connectivity index (χ0v) is 14.6. The van der Waals surface area contributed by atoms with Gasteiger partial charge < -0.3 is 10.1 Å². The number of carbonyl (C=O) groups excluding carboxylic acids is 1. The molecule has 0 saturated carbocycles. The first-order valence-electron chi connectivity index (χ1n) is 7.29. The number of amides is 1. The van der Waals surface area contributed by atoms with E-state index in [1.54, 1.807) is 30.3 Å². The van der Waals surface area contributed by atoms with Crippen molar-refractivity contribution in [3.63, 3.8) is 0 Å². The van der Waals surface area contributed by atoms with Crippen LogP contribution in [-0.2, 0) is 15.6 Å². The van der Waals surface area contributed by atoms with E-state index in [1.165, 1.54) is 25.1 Å². The molecule has 0 unspecified atom stereocenters. The van der Waals surface area contributed by atoms with Crippen molar-refractivity contribution in [3.8, 4) is 5.75 Å². The van der Waals surface area contributed by atoms with Crippen molar-refractivity contribution < 1.29 is 18.1 Å². The fourth-order valence-corrected chi connectivity index (χ4v) is 2.98. The Morgan fingerprint density at radius 3 is 2.62 bits per heavy atom. The summed E-state index contributed by atoms with van der Waals surface area (Å²) in [6.45, 7) is 1.69. The van der Waals surface area contributed by atoms with E-state index in [-0.39, 0.29) is 18.0 Å². The van der Waals surface area contributed by atoms with E-state index in [9.17, 15) is 13.4 Å². The average Bonchev–Trinajstić information content (AvgIpc) is 2.57. The van der Waals surface area contributed by atoms with Crippen LogP contribution in [0.25, 0.3) is 0 Å². The van der Waals surface area contributed by atoms with Gasteiger partial charge in [0.05, 0.1) is 23.1 Å². The van der Waals surface area contributed by atoms with Gasteiger partial charge >= 0.3 is 0 Å². The molecule has 2 rings (SSSR count). The van der Waals surface area contributed by atoms with Crippen LogP contribution >= 0.6 is 11.6 Å². The van der Waals surface area contributed by atoms with Crippen LogP contribution in [-0.4, -0.2) is 27.7 Å². The highest BCUT2D eigenvalue weighted by molar-refractivity contribution is 7.86. The molecule has 2 atom stereocenters. The highest BCUT2D eigenvalue weighted by atomic mass is 35.5. The lowest BCUT2D eigenvalue weighted by molar-refractivity contribution is -0.115. The number of hydrogen-bond donors (Lipinski definition) is 1. The van der Waals surface area contributed by atoms with Gasteiger partial charge in [0.15, 0.2) is 0 Å². The summed E-state index contributed by atoms with van der Waals surface area (Å²) in [6.07, 6.45) is 0. The van der Waals surface area contributed by atoms with Crippen LogP contribution in [0.4, 0.5) is 10.1 Å². The van der Waals surface area contributed by atoms with Gasteiger partial charge in [-0.05, 0) is 31.2 Å². The Bertz CT molecular complexity index is 741. The molecule has 0 aliphatic rings. The van der Waals surface area contributed by atoms with Crippen molar-refractivity contribution in [1.29, 1.82) is 0 Å². The Morgan fingerprint density at radius 1 is 1.25 bits per heavy atom. The standard InChI is InChI=1S/C17H17ClFNO3S/c1-12(17(21)20-15-8-4-3-7-14(15)19)24(22)11-10-23-16-9-5-2-6-13(16)18/h2-9,12H,10-11H2,1H3,(H,20,21)/t12-,24-/m1/s1. The zero-order chi connectivity index (χ0) is 17.5. The van der Waals surface area contributed by atoms with Gasteiger partial charge in [0.25, 0.3) is 0 Å². The monoisotopic (exact) mass is 369 g/mol. The number of ether oxygens (including phenoxy) is 1. The van der Waals surface area contributed by atoms with E-state index >= 15 is 0 Å². The van der Waals surface area contributed by atoms with Crippen molar-refractivity contribution >= 4 is 34.0 Å². The fourth-order valence-electron chi connectivity index (χ4n) is 1.89. The maximum Gasteiger partial charge on any atom is 0.239 e. The smallest absolute Gasteiger partial charge is 0.239 e. The van der Waals surface area contributed by atoms with E-state index in [1.807, 2.05) is 0 Å². The lowest BCUT2D eigenvalue weighted by Crippen LogP contribution is -2.31. The molecule has 24 heavy (non-hydrogen) atoms. The number of carbonyl (C=O) groups is 1. The number of anilines is 1. The van der Waals surface area contributed by atoms with Crippen LogP contribution in [0.2, 0.25) is 5.02 Å². The van der Waals surface area contributed by atoms with Gasteiger partial charge in [-0.3, -0.25) is 9.00 Å². The quantitative estimate of drug-likeness (QED) is 0.810. The summed E-state index contributed by atoms with van der Waals surface area (Å²) in [5.41, 5.74) is 0.0682. The molecule has 2 aromatic carbocycles. The van der Waals surface area contributed by atoms with Gasteiger partial charge in [0, 0.05) is 10.8 Å². The summed E-state index contributed by atoms with van der Waals surface area (Å²) >= 11 is 5.96. The average molecular weight is 370 g/mol. The van der Waals surface area contributed by atoms with E-state index in [0.717, 1.165) is 0 Å². The van der Waals surface area contributed by atoms with Crippen molar-refractivity contribution in [2.75, 3.05) is 17.7 Å². The van der Waals surface area contributed by atoms with Crippen LogP contribution < -0.4 is 10.1 Å². The fraction of sp³-hybridized carbons (Fsp3) is 0.235. The van der Waals surface area contributed by atoms with E-state index < -0.39 is 27.8 Å². The van der Waals surface area contributed by atoms with Gasteiger partial charge in [-0.1, -0.05) is 35.9 Å². The third kappa shape index (κ3) is 5.04. The first-order valence-corrected chi connectivity index (χ1v) is 9.05. The van der Waals surface area contributed by atoms with Crippen LogP contribution in [0.1, 0.15) is 6.92 Å². The molecule has 0 bridgehead atoms. The second-order valence-electron chi connectivity index (χ2n) is 4.98. The first-order chi connectivity index (χ1) is 11.5. The third-order valence-electron chi connectivity index (χ3n) is 3.27. The molecular weight excluding hydrogens is 353 g/mol. The molecule has 7 heteroatoms. The normalized spacial score (nSPS) is 13.1. The van der Waals surface area contributed by atoms with Crippen molar-refractivity contribution in [3.05, 3.63) is 59.4 Å². The van der Waals surface area contributed by atoms with Gasteiger partial charge in [-0.2, -0.15) is 0 Å². The second-order valence-corrected chi connectivity index (χ2v) is 7.26. The Hall–Kier alpha value is -1.92. The Morgan fingerprint density at radius 2 is 1.92 bits per heavy atom. The number of benzene rings is 2. The molecule has 0 saturated heterocycles. The predicted octanol–water partition coefficient (Wildman–Crippen LogP) is 3.63. The largest absolute Gasteiger partial charge is 0.491 e. The summed E-state index contributed by atoms with van der Waals surface area (Å²) in [4.78, 5) is 12.1. The van der Waals surface area contributed by atoms with E-state index in [2.05, 4.69) is 5.32 Å². The van der Waals surface area contributed by atoms with Crippen LogP contribution in [0, 0.1) is 5.82 Å². The third-order valence-corrected chi connectivity index (χ3v) is 5.16. The maximum atomic E-state index is 13.5. The number of rotatable bonds is 7. The molecule has 0 fully saturated rings. The summed E-state index contributed by atoms with van der Waals surface area (Å²) in [6, 6.07) is 12.8. The summed E-state index contributed by atoms with van der Waals surface area (Å²) in [5, 5.41) is 2.11. The number of nitrogens with one attached hydrogen (secondary N) is 1. The Labute approximate surface area is 147 Å². The number of para-hydroxylation sites is 2. The molecule has 128 valence electrons. The molecule has 0 aromatic heterocycles. The highest BCUT2D eigenvalue weighted by Gasteiger charge is 2.21. The minimum absolute atomic E-state index is 0.0682. The Balaban J connectivity index is 1.84. The molecular formula is C17H17ClFNO3S. The summed E-state index contributed by atoms with van der Waals surface area (Å²) in [5.74, 6) is -0.376. The minimum atomic E-state index is -1.46. The molecule has 2 aromatic rings. The molecule has 0 radical (unpaired) electrons. The van der Waals surface area contributed by atoms with Gasteiger partial charge in [-0.25, -0.2) is 4.39 Å². The predicted molar refractivity (Wildman–Crippen MR) is 94.4 cm³/mol. The summed E-state index contributed by atoms with van der Waals surface area (Å²) in [7, 11) is -1.46. The van der Waals surface area contributed by atoms with Crippen molar-refractivity contribution in [1.82, 2.24) is 0 Å². The summed E-state index contributed by atoms with van der Waals surface area (Å²) < 4.78 is 31.2. The molecule has 0 aliphatic carbocycles. The van der Waals surface area contributed by atoms with Crippen LogP contribution in [0.5, 0.6) is 5.75 Å². The van der Waals surface area contributed by atoms with Crippen LogP contribution in [0.3, 0.4) is 0 Å². The van der Waals surface area contributed by atoms with E-state index in [4.69, 9.17) is 16.3 Å². The minimum Gasteiger partial charge on any atom is -0.491 e. The SMILES string of the molecule is C[C@H](C(=O)Nc1ccccc1F)[S@](=O)CCOc1ccccc1Cl. The first kappa shape index (κ1) is 18.4. The Kier molecular flexibility index (Phi) is 6.75. The molecule has 0 spiro atoms. The highest BCUT2D eigenvalue weighted by Crippen LogP contribution is 2.23. The molecule has 0 heterocycles. The number of hydrogen-bond acceptors (Lipinski definition) is 3. The van der Waals surface area contributed by atoms with E-state index in [0.29, 0.717) is 10.8 Å². The number of halogens is 2. The molecule has 4 nitrogen and oxygen atoms in total. The molecule has 1 amide bonds. The van der Waals surface area contributed by atoms with Crippen molar-refractivity contribution in [2.24, 2.45) is 0 Å².